The lowest BCUT2D eigenvalue weighted by molar-refractivity contribution is 0.122. The highest BCUT2D eigenvalue weighted by molar-refractivity contribution is 5.49. The van der Waals surface area contributed by atoms with Gasteiger partial charge in [-0.25, -0.2) is 9.97 Å². The summed E-state index contributed by atoms with van der Waals surface area (Å²) in [6, 6.07) is 0. The normalized spacial score (nSPS) is 26.2. The Hall–Kier alpha value is -1.24. The quantitative estimate of drug-likeness (QED) is 0.820. The summed E-state index contributed by atoms with van der Waals surface area (Å²) in [4.78, 5) is 14.0. The first-order valence-corrected chi connectivity index (χ1v) is 8.35. The van der Waals surface area contributed by atoms with Gasteiger partial charge in [-0.3, -0.25) is 4.90 Å². The van der Waals surface area contributed by atoms with Gasteiger partial charge in [-0.1, -0.05) is 0 Å². The summed E-state index contributed by atoms with van der Waals surface area (Å²) in [7, 11) is 0. The van der Waals surface area contributed by atoms with Gasteiger partial charge in [0.15, 0.2) is 0 Å². The fourth-order valence-electron chi connectivity index (χ4n) is 3.68. The van der Waals surface area contributed by atoms with Crippen LogP contribution < -0.4 is 4.90 Å². The van der Waals surface area contributed by atoms with Gasteiger partial charge < -0.3 is 14.4 Å². The molecule has 0 saturated carbocycles. The molecule has 1 unspecified atom stereocenters. The minimum Gasteiger partial charge on any atom is -0.381 e. The number of ether oxygens (including phenoxy) is 2. The number of hydrogen-bond acceptors (Lipinski definition) is 6. The van der Waals surface area contributed by atoms with Gasteiger partial charge in [-0.05, 0) is 12.3 Å². The number of anilines is 1. The highest BCUT2D eigenvalue weighted by atomic mass is 16.5. The van der Waals surface area contributed by atoms with Gasteiger partial charge in [-0.15, -0.1) is 0 Å². The van der Waals surface area contributed by atoms with E-state index in [0.29, 0.717) is 5.92 Å². The van der Waals surface area contributed by atoms with Crippen molar-refractivity contribution in [2.45, 2.75) is 19.4 Å². The fourth-order valence-corrected chi connectivity index (χ4v) is 3.68. The molecular formula is C16H24N4O2. The van der Waals surface area contributed by atoms with E-state index in [9.17, 15) is 0 Å². The monoisotopic (exact) mass is 304 g/mol. The predicted octanol–water partition coefficient (Wildman–Crippen LogP) is 0.708. The summed E-state index contributed by atoms with van der Waals surface area (Å²) in [5.74, 6) is 1.82. The molecule has 0 radical (unpaired) electrons. The zero-order valence-electron chi connectivity index (χ0n) is 13.0. The van der Waals surface area contributed by atoms with Crippen LogP contribution in [0.3, 0.4) is 0 Å². The van der Waals surface area contributed by atoms with Gasteiger partial charge in [0.1, 0.15) is 12.1 Å². The minimum absolute atomic E-state index is 0.693. The summed E-state index contributed by atoms with van der Waals surface area (Å²) >= 11 is 0. The molecule has 2 saturated heterocycles. The molecular weight excluding hydrogens is 280 g/mol. The smallest absolute Gasteiger partial charge is 0.136 e. The Morgan fingerprint density at radius 3 is 2.82 bits per heavy atom. The molecule has 1 atom stereocenters. The molecule has 22 heavy (non-hydrogen) atoms. The van der Waals surface area contributed by atoms with Crippen molar-refractivity contribution in [3.8, 4) is 0 Å². The van der Waals surface area contributed by atoms with Crippen molar-refractivity contribution >= 4 is 5.82 Å². The van der Waals surface area contributed by atoms with E-state index in [-0.39, 0.29) is 0 Å². The molecule has 2 fully saturated rings. The van der Waals surface area contributed by atoms with Crippen LogP contribution in [-0.2, 0) is 22.4 Å². The van der Waals surface area contributed by atoms with E-state index < -0.39 is 0 Å². The second-order valence-electron chi connectivity index (χ2n) is 6.44. The first-order chi connectivity index (χ1) is 10.9. The molecule has 0 bridgehead atoms. The Bertz CT molecular complexity index is 513. The maximum Gasteiger partial charge on any atom is 0.136 e. The van der Waals surface area contributed by atoms with Crippen molar-refractivity contribution in [2.24, 2.45) is 5.92 Å². The molecule has 0 N–H and O–H groups in total. The molecule has 0 aliphatic carbocycles. The standard InChI is InChI=1S/C16H24N4O2/c1-3-19(9-13-2-6-22-11-13)10-14-15(1)17-12-18-16(14)20-4-7-21-8-5-20/h12-13H,1-11H2. The summed E-state index contributed by atoms with van der Waals surface area (Å²) in [5, 5.41) is 0. The molecule has 0 aromatic carbocycles. The molecule has 0 amide bonds. The molecule has 6 nitrogen and oxygen atoms in total. The van der Waals surface area contributed by atoms with E-state index in [4.69, 9.17) is 9.47 Å². The van der Waals surface area contributed by atoms with Gasteiger partial charge in [0.05, 0.1) is 25.5 Å². The Kier molecular flexibility index (Phi) is 4.23. The van der Waals surface area contributed by atoms with Crippen molar-refractivity contribution in [2.75, 3.05) is 57.5 Å². The Labute approximate surface area is 131 Å². The second kappa shape index (κ2) is 6.48. The zero-order valence-corrected chi connectivity index (χ0v) is 13.0. The lowest BCUT2D eigenvalue weighted by atomic mass is 10.0. The average molecular weight is 304 g/mol. The van der Waals surface area contributed by atoms with E-state index in [1.54, 1.807) is 6.33 Å². The molecule has 0 spiro atoms. The highest BCUT2D eigenvalue weighted by Crippen LogP contribution is 2.27. The first kappa shape index (κ1) is 14.4. The third-order valence-corrected chi connectivity index (χ3v) is 4.91. The highest BCUT2D eigenvalue weighted by Gasteiger charge is 2.27. The lowest BCUT2D eigenvalue weighted by Gasteiger charge is -2.34. The number of rotatable bonds is 3. The zero-order chi connectivity index (χ0) is 14.8. The molecule has 120 valence electrons. The average Bonchev–Trinajstić information content (AvgIpc) is 3.08. The van der Waals surface area contributed by atoms with Crippen molar-refractivity contribution in [1.82, 2.24) is 14.9 Å². The van der Waals surface area contributed by atoms with Crippen molar-refractivity contribution in [3.05, 3.63) is 17.6 Å². The molecule has 3 aliphatic heterocycles. The van der Waals surface area contributed by atoms with Crippen LogP contribution in [0.1, 0.15) is 17.7 Å². The maximum absolute atomic E-state index is 5.51. The molecule has 4 heterocycles. The van der Waals surface area contributed by atoms with Crippen LogP contribution in [0.4, 0.5) is 5.82 Å². The number of hydrogen-bond donors (Lipinski definition) is 0. The van der Waals surface area contributed by atoms with E-state index in [0.717, 1.165) is 71.4 Å². The topological polar surface area (TPSA) is 50.7 Å². The lowest BCUT2D eigenvalue weighted by Crippen LogP contribution is -2.40. The van der Waals surface area contributed by atoms with E-state index in [1.165, 1.54) is 17.7 Å². The first-order valence-electron chi connectivity index (χ1n) is 8.35. The third-order valence-electron chi connectivity index (χ3n) is 4.91. The number of fused-ring (bicyclic) bond motifs is 1. The summed E-state index contributed by atoms with van der Waals surface area (Å²) in [6.07, 6.45) is 3.96. The maximum atomic E-state index is 5.51. The van der Waals surface area contributed by atoms with Gasteiger partial charge in [0.2, 0.25) is 0 Å². The van der Waals surface area contributed by atoms with Crippen LogP contribution in [0.5, 0.6) is 0 Å². The predicted molar refractivity (Wildman–Crippen MR) is 83.0 cm³/mol. The Morgan fingerprint density at radius 2 is 2.00 bits per heavy atom. The van der Waals surface area contributed by atoms with Gasteiger partial charge in [0, 0.05) is 51.3 Å². The van der Waals surface area contributed by atoms with Crippen molar-refractivity contribution in [1.29, 1.82) is 0 Å². The van der Waals surface area contributed by atoms with Crippen molar-refractivity contribution in [3.63, 3.8) is 0 Å². The van der Waals surface area contributed by atoms with Crippen LogP contribution in [0.25, 0.3) is 0 Å². The fraction of sp³-hybridized carbons (Fsp3) is 0.750. The van der Waals surface area contributed by atoms with Crippen LogP contribution in [0.15, 0.2) is 6.33 Å². The molecule has 1 aromatic heterocycles. The van der Waals surface area contributed by atoms with Crippen LogP contribution in [0.2, 0.25) is 0 Å². The van der Waals surface area contributed by atoms with Gasteiger partial charge in [0.25, 0.3) is 0 Å². The number of aromatic nitrogens is 2. The van der Waals surface area contributed by atoms with E-state index in [1.807, 2.05) is 0 Å². The summed E-state index contributed by atoms with van der Waals surface area (Å²) in [5.41, 5.74) is 2.56. The van der Waals surface area contributed by atoms with E-state index in [2.05, 4.69) is 19.8 Å². The third kappa shape index (κ3) is 2.95. The summed E-state index contributed by atoms with van der Waals surface area (Å²) in [6.45, 7) is 8.51. The minimum atomic E-state index is 0.693. The largest absolute Gasteiger partial charge is 0.381 e. The van der Waals surface area contributed by atoms with Crippen molar-refractivity contribution < 1.29 is 9.47 Å². The van der Waals surface area contributed by atoms with Crippen LogP contribution in [0, 0.1) is 5.92 Å². The number of morpholine rings is 1. The molecule has 4 rings (SSSR count). The van der Waals surface area contributed by atoms with Gasteiger partial charge in [-0.2, -0.15) is 0 Å². The Balaban J connectivity index is 1.51. The summed E-state index contributed by atoms with van der Waals surface area (Å²) < 4.78 is 11.0. The van der Waals surface area contributed by atoms with Gasteiger partial charge >= 0.3 is 0 Å². The van der Waals surface area contributed by atoms with Crippen LogP contribution >= 0.6 is 0 Å². The number of nitrogens with zero attached hydrogens (tertiary/aromatic N) is 4. The Morgan fingerprint density at radius 1 is 1.09 bits per heavy atom. The van der Waals surface area contributed by atoms with Crippen LogP contribution in [-0.4, -0.2) is 67.5 Å². The second-order valence-corrected chi connectivity index (χ2v) is 6.44. The molecule has 6 heteroatoms. The molecule has 3 aliphatic rings. The molecule has 1 aromatic rings. The van der Waals surface area contributed by atoms with E-state index >= 15 is 0 Å². The SMILES string of the molecule is c1nc2c(c(N3CCOCC3)n1)CN(CC1CCOC1)CC2.